The molecule has 0 fully saturated rings. The van der Waals surface area contributed by atoms with Crippen molar-refractivity contribution in [2.75, 3.05) is 0 Å². The molecule has 1 aromatic carbocycles. The van der Waals surface area contributed by atoms with Gasteiger partial charge in [0, 0.05) is 0 Å². The lowest BCUT2D eigenvalue weighted by molar-refractivity contribution is -0.196. The van der Waals surface area contributed by atoms with E-state index < -0.39 is 56.4 Å². The summed E-state index contributed by atoms with van der Waals surface area (Å²) in [6, 6.07) is 0. The largest absolute Gasteiger partial charge is 0.523 e. The summed E-state index contributed by atoms with van der Waals surface area (Å²) in [5.41, 5.74) is -9.61. The lowest BCUT2D eigenvalue weighted by atomic mass is 10.1. The van der Waals surface area contributed by atoms with Gasteiger partial charge < -0.3 is 0 Å². The second-order valence-corrected chi connectivity index (χ2v) is 4.98. The molecule has 0 radical (unpaired) electrons. The highest BCUT2D eigenvalue weighted by atomic mass is 32.2. The quantitative estimate of drug-likeness (QED) is 0.271. The number of benzene rings is 1. The van der Waals surface area contributed by atoms with E-state index in [0.29, 0.717) is 0 Å². The molecule has 0 saturated heterocycles. The molecular weight excluding hydrogens is 366 g/mol. The molecule has 0 bridgehead atoms. The Morgan fingerprint density at radius 2 is 1.00 bits per heavy atom. The molecule has 22 heavy (non-hydrogen) atoms. The summed E-state index contributed by atoms with van der Waals surface area (Å²) in [5.74, 6) is -15.2. The molecule has 1 rings (SSSR count). The second-order valence-electron chi connectivity index (χ2n) is 3.44. The van der Waals surface area contributed by atoms with Gasteiger partial charge in [0.25, 0.3) is 0 Å². The van der Waals surface area contributed by atoms with E-state index in [0.717, 1.165) is 0 Å². The first kappa shape index (κ1) is 18.5. The summed E-state index contributed by atoms with van der Waals surface area (Å²) in [6.45, 7) is 0. The van der Waals surface area contributed by atoms with E-state index in [1.165, 1.54) is 0 Å². The standard InChI is InChI=1S/C8F10O3S/c9-2-1(3(10)5(12)6(13)4(2)11)7(14,15)21-22(19,20)8(16,17)18. The lowest BCUT2D eigenvalue weighted by Gasteiger charge is -2.19. The van der Waals surface area contributed by atoms with Gasteiger partial charge in [-0.3, -0.25) is 0 Å². The lowest BCUT2D eigenvalue weighted by Crippen LogP contribution is -2.34. The molecule has 0 unspecified atom stereocenters. The minimum Gasteiger partial charge on any atom is -0.203 e. The monoisotopic (exact) mass is 366 g/mol. The van der Waals surface area contributed by atoms with Crippen LogP contribution in [0.15, 0.2) is 0 Å². The molecular formula is C8F10O3S. The maximum atomic E-state index is 13.2. The van der Waals surface area contributed by atoms with Gasteiger partial charge in [0.2, 0.25) is 5.82 Å². The molecule has 0 atom stereocenters. The van der Waals surface area contributed by atoms with Gasteiger partial charge in [-0.1, -0.05) is 0 Å². The molecule has 0 N–H and O–H groups in total. The van der Waals surface area contributed by atoms with E-state index >= 15 is 0 Å². The van der Waals surface area contributed by atoms with Crippen molar-refractivity contribution >= 4 is 10.1 Å². The molecule has 126 valence electrons. The highest BCUT2D eigenvalue weighted by Crippen LogP contribution is 2.40. The Balaban J connectivity index is 3.55. The van der Waals surface area contributed by atoms with Crippen LogP contribution in [-0.2, 0) is 20.4 Å². The van der Waals surface area contributed by atoms with E-state index in [4.69, 9.17) is 0 Å². The van der Waals surface area contributed by atoms with E-state index in [2.05, 4.69) is 4.18 Å². The van der Waals surface area contributed by atoms with Gasteiger partial charge >= 0.3 is 21.7 Å². The molecule has 0 heterocycles. The third-order valence-electron chi connectivity index (χ3n) is 2.00. The molecule has 0 amide bonds. The summed E-state index contributed by atoms with van der Waals surface area (Å²) in [5, 5.41) is 0. The minimum atomic E-state index is -7.09. The van der Waals surface area contributed by atoms with Crippen molar-refractivity contribution in [2.45, 2.75) is 11.6 Å². The highest BCUT2D eigenvalue weighted by Gasteiger charge is 2.56. The molecule has 0 aliphatic carbocycles. The van der Waals surface area contributed by atoms with Crippen molar-refractivity contribution in [1.29, 1.82) is 0 Å². The summed E-state index contributed by atoms with van der Waals surface area (Å²) in [7, 11) is -7.09. The van der Waals surface area contributed by atoms with Crippen LogP contribution in [0.2, 0.25) is 0 Å². The average molecular weight is 366 g/mol. The topological polar surface area (TPSA) is 43.4 Å². The fourth-order valence-corrected chi connectivity index (χ4v) is 1.54. The van der Waals surface area contributed by atoms with Crippen LogP contribution in [0.3, 0.4) is 0 Å². The van der Waals surface area contributed by atoms with Crippen molar-refractivity contribution in [2.24, 2.45) is 0 Å². The summed E-state index contributed by atoms with van der Waals surface area (Å²) in [4.78, 5) is 0. The zero-order valence-corrected chi connectivity index (χ0v) is 10.2. The van der Waals surface area contributed by atoms with Crippen LogP contribution in [0.1, 0.15) is 5.56 Å². The van der Waals surface area contributed by atoms with Crippen molar-refractivity contribution in [3.63, 3.8) is 0 Å². The molecule has 0 aromatic heterocycles. The Morgan fingerprint density at radius 1 is 0.682 bits per heavy atom. The van der Waals surface area contributed by atoms with Crippen LogP contribution in [0, 0.1) is 29.1 Å². The predicted molar refractivity (Wildman–Crippen MR) is 46.2 cm³/mol. The van der Waals surface area contributed by atoms with Crippen LogP contribution in [0.25, 0.3) is 0 Å². The first-order chi connectivity index (χ1) is 9.63. The van der Waals surface area contributed by atoms with E-state index in [-0.39, 0.29) is 0 Å². The Hall–Kier alpha value is -1.57. The van der Waals surface area contributed by atoms with Crippen LogP contribution in [0.4, 0.5) is 43.9 Å². The summed E-state index contributed by atoms with van der Waals surface area (Å²) < 4.78 is 149. The average Bonchev–Trinajstić information content (AvgIpc) is 2.31. The fraction of sp³-hybridized carbons (Fsp3) is 0.250. The number of rotatable bonds is 3. The zero-order valence-electron chi connectivity index (χ0n) is 9.41. The van der Waals surface area contributed by atoms with E-state index in [1.807, 2.05) is 0 Å². The second kappa shape index (κ2) is 5.26. The number of hydrogen-bond donors (Lipinski definition) is 0. The van der Waals surface area contributed by atoms with E-state index in [9.17, 15) is 52.3 Å². The van der Waals surface area contributed by atoms with Crippen molar-refractivity contribution in [1.82, 2.24) is 0 Å². The molecule has 0 aliphatic heterocycles. The zero-order chi connectivity index (χ0) is 17.7. The minimum absolute atomic E-state index is 2.27. The van der Waals surface area contributed by atoms with Crippen molar-refractivity contribution < 1.29 is 56.5 Å². The molecule has 14 heteroatoms. The van der Waals surface area contributed by atoms with Crippen LogP contribution in [0.5, 0.6) is 0 Å². The van der Waals surface area contributed by atoms with Gasteiger partial charge in [-0.15, -0.1) is 0 Å². The highest BCUT2D eigenvalue weighted by molar-refractivity contribution is 7.87. The van der Waals surface area contributed by atoms with E-state index in [1.54, 1.807) is 0 Å². The van der Waals surface area contributed by atoms with Gasteiger partial charge in [0.1, 0.15) is 5.56 Å². The van der Waals surface area contributed by atoms with Gasteiger partial charge in [0.05, 0.1) is 0 Å². The molecule has 0 saturated carbocycles. The Bertz CT molecular complexity index is 679. The number of halogens is 10. The third kappa shape index (κ3) is 2.97. The van der Waals surface area contributed by atoms with Gasteiger partial charge in [-0.2, -0.15) is 34.6 Å². The summed E-state index contributed by atoms with van der Waals surface area (Å²) in [6.07, 6.45) is -6.02. The number of hydrogen-bond acceptors (Lipinski definition) is 3. The maximum Gasteiger partial charge on any atom is 0.523 e. The Morgan fingerprint density at radius 3 is 1.32 bits per heavy atom. The molecule has 0 aliphatic rings. The first-order valence-corrected chi connectivity index (χ1v) is 5.96. The summed E-state index contributed by atoms with van der Waals surface area (Å²) >= 11 is 0. The van der Waals surface area contributed by atoms with Gasteiger partial charge in [-0.25, -0.2) is 22.0 Å². The maximum absolute atomic E-state index is 13.2. The van der Waals surface area contributed by atoms with Crippen LogP contribution >= 0.6 is 0 Å². The molecule has 3 nitrogen and oxygen atoms in total. The van der Waals surface area contributed by atoms with Crippen molar-refractivity contribution in [3.8, 4) is 0 Å². The van der Waals surface area contributed by atoms with Crippen molar-refractivity contribution in [3.05, 3.63) is 34.6 Å². The fourth-order valence-electron chi connectivity index (χ4n) is 1.09. The Kier molecular flexibility index (Phi) is 4.42. The predicted octanol–water partition coefficient (Wildman–Crippen LogP) is 3.30. The normalized spacial score (nSPS) is 13.5. The molecule has 1 aromatic rings. The molecule has 0 spiro atoms. The number of alkyl halides is 5. The van der Waals surface area contributed by atoms with Gasteiger partial charge in [-0.05, 0) is 0 Å². The Labute approximate surface area is 114 Å². The first-order valence-electron chi connectivity index (χ1n) is 4.55. The van der Waals surface area contributed by atoms with Crippen LogP contribution < -0.4 is 0 Å². The van der Waals surface area contributed by atoms with Crippen LogP contribution in [-0.4, -0.2) is 13.9 Å². The smallest absolute Gasteiger partial charge is 0.203 e. The third-order valence-corrected chi connectivity index (χ3v) is 2.99. The van der Waals surface area contributed by atoms with Gasteiger partial charge in [0.15, 0.2) is 23.3 Å². The SMILES string of the molecule is O=S(=O)(OC(F)(F)c1c(F)c(F)c(F)c(F)c1F)C(F)(F)F.